The lowest BCUT2D eigenvalue weighted by molar-refractivity contribution is -0.190. The van der Waals surface area contributed by atoms with Gasteiger partial charge in [0.25, 0.3) is 0 Å². The number of carbonyl (C=O) groups excluding carboxylic acids is 1. The Labute approximate surface area is 83.1 Å². The monoisotopic (exact) mass is 220 g/mol. The molecule has 0 atom stereocenters. The molecule has 0 aliphatic carbocycles. The quantitative estimate of drug-likeness (QED) is 0.723. The van der Waals surface area contributed by atoms with Gasteiger partial charge in [-0.15, -0.1) is 0 Å². The molecule has 0 bridgehead atoms. The van der Waals surface area contributed by atoms with E-state index < -0.39 is 18.8 Å². The summed E-state index contributed by atoms with van der Waals surface area (Å²) in [6, 6.07) is -0.678. The number of alkyl halides is 3. The van der Waals surface area contributed by atoms with E-state index in [1.54, 1.807) is 0 Å². The summed E-state index contributed by atoms with van der Waals surface area (Å²) >= 11 is 0. The van der Waals surface area contributed by atoms with Gasteiger partial charge in [0.05, 0.1) is 5.56 Å². The van der Waals surface area contributed by atoms with Crippen LogP contribution in [-0.2, 0) is 0 Å². The lowest BCUT2D eigenvalue weighted by atomic mass is 10.2. The summed E-state index contributed by atoms with van der Waals surface area (Å²) in [6.07, 6.45) is -1.89. The second-order valence-corrected chi connectivity index (χ2v) is 2.68. The fourth-order valence-electron chi connectivity index (χ4n) is 0.712. The molecule has 0 N–H and O–H groups in total. The topological polar surface area (TPSA) is 52.1 Å². The van der Waals surface area contributed by atoms with Gasteiger partial charge in [0, 0.05) is 12.4 Å². The molecule has 1 aromatic rings. The minimum atomic E-state index is -3.95. The largest absolute Gasteiger partial charge is 0.429 e. The van der Waals surface area contributed by atoms with Crippen molar-refractivity contribution in [3.8, 4) is 6.01 Å². The van der Waals surface area contributed by atoms with Crippen LogP contribution in [0.2, 0.25) is 0 Å². The first kappa shape index (κ1) is 11.4. The number of halogens is 3. The van der Waals surface area contributed by atoms with Crippen molar-refractivity contribution in [1.29, 1.82) is 0 Å². The summed E-state index contributed by atoms with van der Waals surface area (Å²) in [5, 5.41) is 0. The standard InChI is InChI=1S/C8H7F3N2O2/c1-5(14)6-2-12-7(13-3-6)15-8(10,11)4-9/h2-3H,4H2,1H3. The van der Waals surface area contributed by atoms with Crippen molar-refractivity contribution in [2.24, 2.45) is 0 Å². The van der Waals surface area contributed by atoms with Crippen LogP contribution in [0.1, 0.15) is 17.3 Å². The minimum absolute atomic E-state index is 0.158. The molecule has 0 spiro atoms. The van der Waals surface area contributed by atoms with Crippen LogP contribution in [0.4, 0.5) is 13.2 Å². The third-order valence-corrected chi connectivity index (χ3v) is 1.43. The number of Topliss-reactive ketones (excluding diaryl/α,β-unsaturated/α-hetero) is 1. The summed E-state index contributed by atoms with van der Waals surface area (Å²) in [4.78, 5) is 17.4. The van der Waals surface area contributed by atoms with Crippen LogP contribution in [0.5, 0.6) is 6.01 Å². The van der Waals surface area contributed by atoms with E-state index in [-0.39, 0.29) is 11.3 Å². The van der Waals surface area contributed by atoms with Crippen LogP contribution in [0, 0.1) is 0 Å². The number of carbonyl (C=O) groups is 1. The van der Waals surface area contributed by atoms with E-state index in [2.05, 4.69) is 14.7 Å². The van der Waals surface area contributed by atoms with Crippen LogP contribution in [0.25, 0.3) is 0 Å². The third kappa shape index (κ3) is 3.19. The fourth-order valence-corrected chi connectivity index (χ4v) is 0.712. The van der Waals surface area contributed by atoms with E-state index in [4.69, 9.17) is 0 Å². The molecule has 0 radical (unpaired) electrons. The molecule has 15 heavy (non-hydrogen) atoms. The lowest BCUT2D eigenvalue weighted by Crippen LogP contribution is -2.28. The predicted octanol–water partition coefficient (Wildman–Crippen LogP) is 1.62. The maximum atomic E-state index is 12.4. The number of nitrogens with zero attached hydrogens (tertiary/aromatic N) is 2. The van der Waals surface area contributed by atoms with Crippen LogP contribution in [0.3, 0.4) is 0 Å². The molecule has 0 aliphatic rings. The summed E-state index contributed by atoms with van der Waals surface area (Å²) in [7, 11) is 0. The van der Waals surface area contributed by atoms with Gasteiger partial charge in [0.15, 0.2) is 12.5 Å². The molecular weight excluding hydrogens is 213 g/mol. The van der Waals surface area contributed by atoms with Crippen LogP contribution in [-0.4, -0.2) is 28.5 Å². The summed E-state index contributed by atoms with van der Waals surface area (Å²) in [6.45, 7) is -0.694. The molecule has 1 heterocycles. The van der Waals surface area contributed by atoms with Crippen molar-refractivity contribution in [2.45, 2.75) is 13.0 Å². The molecule has 0 aromatic carbocycles. The van der Waals surface area contributed by atoms with Crippen molar-refractivity contribution in [2.75, 3.05) is 6.67 Å². The smallest absolute Gasteiger partial charge is 0.396 e. The molecule has 4 nitrogen and oxygen atoms in total. The van der Waals surface area contributed by atoms with E-state index in [0.29, 0.717) is 0 Å². The van der Waals surface area contributed by atoms with Crippen LogP contribution in [0.15, 0.2) is 12.4 Å². The third-order valence-electron chi connectivity index (χ3n) is 1.43. The van der Waals surface area contributed by atoms with Crippen molar-refractivity contribution >= 4 is 5.78 Å². The molecular formula is C8H7F3N2O2. The Morgan fingerprint density at radius 3 is 2.40 bits per heavy atom. The first-order valence-corrected chi connectivity index (χ1v) is 3.90. The molecule has 0 saturated heterocycles. The van der Waals surface area contributed by atoms with Crippen LogP contribution < -0.4 is 4.74 Å². The Hall–Kier alpha value is -1.66. The Morgan fingerprint density at radius 2 is 2.00 bits per heavy atom. The molecule has 0 saturated carbocycles. The maximum Gasteiger partial charge on any atom is 0.429 e. The number of aromatic nitrogens is 2. The van der Waals surface area contributed by atoms with Gasteiger partial charge in [-0.2, -0.15) is 8.78 Å². The normalized spacial score (nSPS) is 11.2. The highest BCUT2D eigenvalue weighted by Crippen LogP contribution is 2.17. The fraction of sp³-hybridized carbons (Fsp3) is 0.375. The van der Waals surface area contributed by atoms with Gasteiger partial charge in [-0.3, -0.25) is 4.79 Å². The summed E-state index contributed by atoms with van der Waals surface area (Å²) in [5.74, 6) is -0.307. The molecule has 1 aromatic heterocycles. The molecule has 82 valence electrons. The second kappa shape index (κ2) is 4.24. The van der Waals surface area contributed by atoms with Gasteiger partial charge in [0.2, 0.25) is 0 Å². The van der Waals surface area contributed by atoms with Crippen molar-refractivity contribution < 1.29 is 22.7 Å². The van der Waals surface area contributed by atoms with E-state index in [1.165, 1.54) is 6.92 Å². The molecule has 7 heteroatoms. The van der Waals surface area contributed by atoms with Crippen molar-refractivity contribution in [1.82, 2.24) is 9.97 Å². The van der Waals surface area contributed by atoms with E-state index >= 15 is 0 Å². The lowest BCUT2D eigenvalue weighted by Gasteiger charge is -2.11. The molecule has 0 fully saturated rings. The molecule has 1 rings (SSSR count). The van der Waals surface area contributed by atoms with E-state index in [9.17, 15) is 18.0 Å². The Balaban J connectivity index is 2.77. The number of rotatable bonds is 4. The molecule has 0 aliphatic heterocycles. The van der Waals surface area contributed by atoms with Gasteiger partial charge >= 0.3 is 12.1 Å². The zero-order valence-corrected chi connectivity index (χ0v) is 7.71. The average molecular weight is 220 g/mol. The zero-order valence-electron chi connectivity index (χ0n) is 7.71. The van der Waals surface area contributed by atoms with Gasteiger partial charge in [-0.05, 0) is 6.92 Å². The number of ether oxygens (including phenoxy) is 1. The number of ketones is 1. The second-order valence-electron chi connectivity index (χ2n) is 2.68. The first-order valence-electron chi connectivity index (χ1n) is 3.90. The number of hydrogen-bond donors (Lipinski definition) is 0. The van der Waals surface area contributed by atoms with Gasteiger partial charge < -0.3 is 4.74 Å². The van der Waals surface area contributed by atoms with Gasteiger partial charge in [-0.25, -0.2) is 14.4 Å². The van der Waals surface area contributed by atoms with Gasteiger partial charge in [0.1, 0.15) is 0 Å². The Bertz CT molecular complexity index is 353. The summed E-state index contributed by atoms with van der Waals surface area (Å²) in [5.41, 5.74) is 0.158. The molecule has 0 unspecified atom stereocenters. The number of hydrogen-bond acceptors (Lipinski definition) is 4. The molecule has 0 amide bonds. The van der Waals surface area contributed by atoms with Crippen LogP contribution >= 0.6 is 0 Å². The van der Waals surface area contributed by atoms with Crippen molar-refractivity contribution in [3.05, 3.63) is 18.0 Å². The summed E-state index contributed by atoms with van der Waals surface area (Å²) < 4.78 is 40.2. The highest BCUT2D eigenvalue weighted by Gasteiger charge is 2.32. The highest BCUT2D eigenvalue weighted by atomic mass is 19.3. The SMILES string of the molecule is CC(=O)c1cnc(OC(F)(F)CF)nc1. The highest BCUT2D eigenvalue weighted by molar-refractivity contribution is 5.93. The minimum Gasteiger partial charge on any atom is -0.396 e. The maximum absolute atomic E-state index is 12.4. The zero-order chi connectivity index (χ0) is 11.5. The van der Waals surface area contributed by atoms with Gasteiger partial charge in [-0.1, -0.05) is 0 Å². The average Bonchev–Trinajstić information content (AvgIpc) is 2.18. The van der Waals surface area contributed by atoms with E-state index in [0.717, 1.165) is 12.4 Å². The van der Waals surface area contributed by atoms with E-state index in [1.807, 2.05) is 0 Å². The Kier molecular flexibility index (Phi) is 3.23. The van der Waals surface area contributed by atoms with Crippen molar-refractivity contribution in [3.63, 3.8) is 0 Å². The predicted molar refractivity (Wildman–Crippen MR) is 43.6 cm³/mol. The first-order chi connectivity index (χ1) is 6.94. The Morgan fingerprint density at radius 1 is 1.47 bits per heavy atom.